The number of thiazole rings is 1. The van der Waals surface area contributed by atoms with Crippen LogP contribution in [0.15, 0.2) is 66.2 Å². The second-order valence-corrected chi connectivity index (χ2v) is 19.6. The number of amides is 4. The molecule has 0 spiro atoms. The second-order valence-electron chi connectivity index (χ2n) is 18.3. The third kappa shape index (κ3) is 13.1. The third-order valence-electron chi connectivity index (χ3n) is 11.7. The summed E-state index contributed by atoms with van der Waals surface area (Å²) < 4.78 is 78.4. The van der Waals surface area contributed by atoms with Gasteiger partial charge in [-0.25, -0.2) is 9.37 Å². The molecule has 4 amide bonds. The molecule has 22 heteroatoms. The molecule has 6 rings (SSSR count). The zero-order chi connectivity index (χ0) is 51.8. The van der Waals surface area contributed by atoms with Gasteiger partial charge in [0.25, 0.3) is 5.91 Å². The molecule has 0 bridgehead atoms. The number of carbonyl (C=O) groups is 4. The van der Waals surface area contributed by atoms with Crippen molar-refractivity contribution in [3.63, 3.8) is 0 Å². The number of nitrogens with one attached hydrogen (secondary N) is 2. The van der Waals surface area contributed by atoms with Gasteiger partial charge in [-0.15, -0.1) is 11.3 Å². The lowest BCUT2D eigenvalue weighted by Crippen LogP contribution is -2.58. The first kappa shape index (κ1) is 54.2. The molecule has 3 aromatic carbocycles. The molecule has 2 saturated heterocycles. The van der Waals surface area contributed by atoms with Gasteiger partial charge in [0.1, 0.15) is 30.8 Å². The number of halogens is 4. The Morgan fingerprint density at radius 1 is 0.972 bits per heavy atom. The quantitative estimate of drug-likeness (QED) is 0.0508. The van der Waals surface area contributed by atoms with E-state index in [-0.39, 0.29) is 88.0 Å². The van der Waals surface area contributed by atoms with Crippen LogP contribution in [-0.2, 0) is 46.1 Å². The summed E-state index contributed by atoms with van der Waals surface area (Å²) in [7, 11) is 0. The molecular formula is C49H55F4N7O9S2. The lowest BCUT2D eigenvalue weighted by molar-refractivity contribution is -0.144. The first-order valence-electron chi connectivity index (χ1n) is 22.5. The van der Waals surface area contributed by atoms with Crippen LogP contribution < -0.4 is 25.2 Å². The Hall–Kier alpha value is -6.09. The van der Waals surface area contributed by atoms with Crippen molar-refractivity contribution in [1.82, 2.24) is 20.5 Å². The SMILES string of the molecule is Cc1ncsc1-c1ccc(CNC(=O)[C@@H]2C[C@@H](O)CN2C(=O)C(NC(=O)COCCOCCOCCOc2ccc(N3C(=S)N(c4ccc(C#N)c(C(F)(F)F)c4)C(=O)C3(C)C)cc2F)C(C)(C)C)cc1. The number of thiocarbonyl (C=S) groups is 1. The van der Waals surface area contributed by atoms with Crippen LogP contribution in [0, 0.1) is 29.5 Å². The van der Waals surface area contributed by atoms with Crippen molar-refractivity contribution < 1.29 is 60.8 Å². The van der Waals surface area contributed by atoms with E-state index >= 15 is 4.39 Å². The molecule has 3 atom stereocenters. The van der Waals surface area contributed by atoms with Crippen molar-refractivity contribution in [3.05, 3.63) is 94.4 Å². The summed E-state index contributed by atoms with van der Waals surface area (Å²) in [5.74, 6) is -3.04. The van der Waals surface area contributed by atoms with Crippen molar-refractivity contribution in [3.8, 4) is 22.3 Å². The lowest BCUT2D eigenvalue weighted by atomic mass is 9.85. The zero-order valence-electron chi connectivity index (χ0n) is 39.9. The van der Waals surface area contributed by atoms with Gasteiger partial charge in [0.2, 0.25) is 17.7 Å². The first-order chi connectivity index (χ1) is 33.5. The van der Waals surface area contributed by atoms with Gasteiger partial charge < -0.3 is 44.5 Å². The fourth-order valence-electron chi connectivity index (χ4n) is 8.00. The van der Waals surface area contributed by atoms with Crippen molar-refractivity contribution in [2.45, 2.75) is 84.4 Å². The summed E-state index contributed by atoms with van der Waals surface area (Å²) in [6.07, 6.45) is -5.72. The number of hydrogen-bond donors (Lipinski definition) is 3. The molecular weight excluding hydrogens is 971 g/mol. The van der Waals surface area contributed by atoms with Crippen molar-refractivity contribution >= 4 is 63.7 Å². The highest BCUT2D eigenvalue weighted by molar-refractivity contribution is 7.81. The largest absolute Gasteiger partial charge is 0.488 e. The molecule has 0 saturated carbocycles. The predicted molar refractivity (Wildman–Crippen MR) is 259 cm³/mol. The van der Waals surface area contributed by atoms with E-state index in [1.165, 1.54) is 47.9 Å². The Labute approximate surface area is 417 Å². The maximum absolute atomic E-state index is 15.3. The number of nitriles is 1. The van der Waals surface area contributed by atoms with E-state index in [0.29, 0.717) is 6.07 Å². The molecule has 3 N–H and O–H groups in total. The molecule has 0 aliphatic carbocycles. The van der Waals surface area contributed by atoms with Gasteiger partial charge in [-0.2, -0.15) is 18.4 Å². The summed E-state index contributed by atoms with van der Waals surface area (Å²) in [6.45, 7) is 10.6. The van der Waals surface area contributed by atoms with Crippen molar-refractivity contribution in [2.75, 3.05) is 62.6 Å². The molecule has 1 aromatic heterocycles. The molecule has 2 aliphatic rings. The fourth-order valence-corrected chi connectivity index (χ4v) is 9.34. The number of ether oxygens (including phenoxy) is 4. The summed E-state index contributed by atoms with van der Waals surface area (Å²) in [5, 5.41) is 25.2. The van der Waals surface area contributed by atoms with E-state index in [0.717, 1.165) is 38.7 Å². The fraction of sp³-hybridized carbons (Fsp3) is 0.449. The first-order valence-corrected chi connectivity index (χ1v) is 23.8. The molecule has 1 unspecified atom stereocenters. The number of hydrogen-bond acceptors (Lipinski definition) is 13. The summed E-state index contributed by atoms with van der Waals surface area (Å²) in [4.78, 5) is 62.7. The van der Waals surface area contributed by atoms with Crippen LogP contribution in [-0.4, -0.2) is 120 Å². The highest BCUT2D eigenvalue weighted by Gasteiger charge is 2.51. The van der Waals surface area contributed by atoms with Crippen LogP contribution in [0.2, 0.25) is 0 Å². The number of aromatic nitrogens is 1. The van der Waals surface area contributed by atoms with Gasteiger partial charge in [0.15, 0.2) is 16.7 Å². The smallest absolute Gasteiger partial charge is 0.417 e. The van der Waals surface area contributed by atoms with Gasteiger partial charge in [-0.3, -0.25) is 24.1 Å². The normalized spacial score (nSPS) is 17.4. The van der Waals surface area contributed by atoms with Crippen LogP contribution in [0.1, 0.15) is 63.4 Å². The van der Waals surface area contributed by atoms with E-state index < -0.39 is 75.9 Å². The van der Waals surface area contributed by atoms with Crippen LogP contribution in [0.3, 0.4) is 0 Å². The zero-order valence-corrected chi connectivity index (χ0v) is 41.6. The van der Waals surface area contributed by atoms with Gasteiger partial charge in [0, 0.05) is 31.3 Å². The summed E-state index contributed by atoms with van der Waals surface area (Å²) in [5.41, 5.74) is 0.555. The summed E-state index contributed by atoms with van der Waals surface area (Å²) >= 11 is 7.07. The number of nitrogens with zero attached hydrogens (tertiary/aromatic N) is 5. The van der Waals surface area contributed by atoms with E-state index in [9.17, 15) is 42.7 Å². The van der Waals surface area contributed by atoms with E-state index in [2.05, 4.69) is 15.6 Å². The third-order valence-corrected chi connectivity index (χ3v) is 13.0. The van der Waals surface area contributed by atoms with Crippen LogP contribution >= 0.6 is 23.6 Å². The molecule has 3 heterocycles. The number of aliphatic hydroxyl groups excluding tert-OH is 1. The van der Waals surface area contributed by atoms with Crippen LogP contribution in [0.4, 0.5) is 28.9 Å². The lowest BCUT2D eigenvalue weighted by Gasteiger charge is -2.35. The maximum atomic E-state index is 15.3. The average Bonchev–Trinajstić information content (AvgIpc) is 3.98. The van der Waals surface area contributed by atoms with Gasteiger partial charge in [-0.05, 0) is 79.9 Å². The van der Waals surface area contributed by atoms with Gasteiger partial charge in [-0.1, -0.05) is 45.0 Å². The predicted octanol–water partition coefficient (Wildman–Crippen LogP) is 6.30. The molecule has 71 heavy (non-hydrogen) atoms. The monoisotopic (exact) mass is 1030 g/mol. The van der Waals surface area contributed by atoms with E-state index in [1.807, 2.05) is 31.2 Å². The van der Waals surface area contributed by atoms with Gasteiger partial charge in [0.05, 0.1) is 78.1 Å². The number of alkyl halides is 3. The number of anilines is 2. The van der Waals surface area contributed by atoms with E-state index in [4.69, 9.17) is 31.2 Å². The molecule has 4 aromatic rings. The molecule has 2 aliphatic heterocycles. The Kier molecular flexibility index (Phi) is 17.6. The topological polar surface area (TPSA) is 196 Å². The number of benzene rings is 3. The summed E-state index contributed by atoms with van der Waals surface area (Å²) in [6, 6.07) is 14.0. The Balaban J connectivity index is 0.879. The number of aryl methyl sites for hydroxylation is 1. The van der Waals surface area contributed by atoms with Crippen LogP contribution in [0.25, 0.3) is 10.4 Å². The van der Waals surface area contributed by atoms with Crippen LogP contribution in [0.5, 0.6) is 5.75 Å². The molecule has 380 valence electrons. The minimum atomic E-state index is -4.86. The number of aliphatic hydroxyl groups is 1. The molecule has 0 radical (unpaired) electrons. The number of β-amino-alcohol motifs (C(OH)–C–C–N with tert-alkyl or cyclic N) is 1. The second kappa shape index (κ2) is 23.0. The number of rotatable bonds is 20. The average molecular weight is 1030 g/mol. The minimum absolute atomic E-state index is 0.0388. The molecule has 16 nitrogen and oxygen atoms in total. The Bertz CT molecular complexity index is 2640. The minimum Gasteiger partial charge on any atom is -0.488 e. The molecule has 2 fully saturated rings. The maximum Gasteiger partial charge on any atom is 0.417 e. The standard InChI is InChI=1S/C49H55F4N7O9S2/c1-29-41(71-28-56-29)31-9-7-30(8-10-31)25-55-43(63)38-23-35(61)26-58(38)44(64)42(47(2,3)4)57-40(62)27-68-18-17-66-15-16-67-19-20-69-39-14-13-34(22-37(39)50)60-46(70)59(45(65)48(60,5)6)33-12-11-32(24-54)36(21-33)49(51,52)53/h7-14,21-22,28,35,38,42,61H,15-20,23,25-27H2,1-6H3,(H,55,63)(H,57,62)/t35-,38+,42?/m1/s1. The number of carbonyl (C=O) groups excluding carboxylic acids is 4. The van der Waals surface area contributed by atoms with Gasteiger partial charge >= 0.3 is 6.18 Å². The Morgan fingerprint density at radius 2 is 1.62 bits per heavy atom. The highest BCUT2D eigenvalue weighted by Crippen LogP contribution is 2.40. The highest BCUT2D eigenvalue weighted by atomic mass is 32.1. The van der Waals surface area contributed by atoms with Crippen molar-refractivity contribution in [2.24, 2.45) is 5.41 Å². The Morgan fingerprint density at radius 3 is 2.23 bits per heavy atom. The van der Waals surface area contributed by atoms with Crippen molar-refractivity contribution in [1.29, 1.82) is 5.26 Å². The van der Waals surface area contributed by atoms with E-state index in [1.54, 1.807) is 37.6 Å². The number of likely N-dealkylation sites (tertiary alicyclic amines) is 1.